The van der Waals surface area contributed by atoms with Gasteiger partial charge in [0.2, 0.25) is 0 Å². The minimum absolute atomic E-state index is 0.270. The van der Waals surface area contributed by atoms with Gasteiger partial charge in [-0.15, -0.1) is 23.5 Å². The van der Waals surface area contributed by atoms with Crippen molar-refractivity contribution in [3.05, 3.63) is 71.8 Å². The molecule has 3 rings (SSSR count). The minimum Gasteiger partial charge on any atom is -0.378 e. The second kappa shape index (κ2) is 6.07. The summed E-state index contributed by atoms with van der Waals surface area (Å²) in [6, 6.07) is 20.2. The Morgan fingerprint density at radius 3 is 1.71 bits per heavy atom. The first-order valence-corrected chi connectivity index (χ1v) is 9.25. The van der Waals surface area contributed by atoms with Crippen LogP contribution in [-0.4, -0.2) is 20.7 Å². The van der Waals surface area contributed by atoms with Crippen LogP contribution in [0.15, 0.2) is 60.7 Å². The van der Waals surface area contributed by atoms with Crippen LogP contribution in [0.5, 0.6) is 0 Å². The van der Waals surface area contributed by atoms with Gasteiger partial charge in [-0.2, -0.15) is 0 Å². The van der Waals surface area contributed by atoms with Crippen LogP contribution in [0.1, 0.15) is 24.5 Å². The van der Waals surface area contributed by atoms with Crippen molar-refractivity contribution in [2.75, 3.05) is 11.5 Å². The maximum absolute atomic E-state index is 11.8. The highest BCUT2D eigenvalue weighted by atomic mass is 32.2. The Balaban J connectivity index is 2.15. The Kier molecular flexibility index (Phi) is 4.34. The Bertz CT molecular complexity index is 537. The van der Waals surface area contributed by atoms with Gasteiger partial charge in [0.15, 0.2) is 0 Å². The highest BCUT2D eigenvalue weighted by Crippen LogP contribution is 2.55. The fourth-order valence-electron chi connectivity index (χ4n) is 2.89. The van der Waals surface area contributed by atoms with Gasteiger partial charge in [-0.25, -0.2) is 0 Å². The van der Waals surface area contributed by atoms with Crippen LogP contribution in [0.3, 0.4) is 0 Å². The molecule has 2 aromatic rings. The van der Waals surface area contributed by atoms with Crippen LogP contribution < -0.4 is 0 Å². The summed E-state index contributed by atoms with van der Waals surface area (Å²) in [5.74, 6) is 2.21. The summed E-state index contributed by atoms with van der Waals surface area (Å²) in [6.07, 6.45) is 1.21. The number of benzene rings is 2. The van der Waals surface area contributed by atoms with E-state index in [0.717, 1.165) is 22.6 Å². The molecule has 1 aliphatic heterocycles. The third kappa shape index (κ3) is 2.63. The van der Waals surface area contributed by atoms with E-state index in [1.165, 1.54) is 6.42 Å². The van der Waals surface area contributed by atoms with E-state index in [1.54, 1.807) is 0 Å². The van der Waals surface area contributed by atoms with Gasteiger partial charge in [-0.05, 0) is 36.0 Å². The van der Waals surface area contributed by atoms with Crippen molar-refractivity contribution in [2.24, 2.45) is 0 Å². The first kappa shape index (κ1) is 15.0. The molecule has 0 atom stereocenters. The van der Waals surface area contributed by atoms with Gasteiger partial charge in [-0.3, -0.25) is 0 Å². The molecule has 0 spiro atoms. The summed E-state index contributed by atoms with van der Waals surface area (Å²) in [5.41, 5.74) is 0.965. The summed E-state index contributed by atoms with van der Waals surface area (Å²) in [5, 5.41) is 11.8. The Labute approximate surface area is 135 Å². The van der Waals surface area contributed by atoms with E-state index >= 15 is 0 Å². The Hall–Kier alpha value is -0.900. The zero-order valence-corrected chi connectivity index (χ0v) is 13.8. The summed E-state index contributed by atoms with van der Waals surface area (Å²) in [6.45, 7) is 2.18. The van der Waals surface area contributed by atoms with Gasteiger partial charge in [0.25, 0.3) is 0 Å². The van der Waals surface area contributed by atoms with E-state index in [4.69, 9.17) is 0 Å². The summed E-state index contributed by atoms with van der Waals surface area (Å²) in [4.78, 5) is 0. The summed E-state index contributed by atoms with van der Waals surface area (Å²) in [7, 11) is 0. The second-order valence-corrected chi connectivity index (χ2v) is 8.72. The van der Waals surface area contributed by atoms with Gasteiger partial charge in [-0.1, -0.05) is 60.7 Å². The topological polar surface area (TPSA) is 20.2 Å². The molecular weight excluding hydrogens is 296 g/mol. The predicted octanol–water partition coefficient (Wildman–Crippen LogP) is 4.51. The molecule has 0 aliphatic carbocycles. The van der Waals surface area contributed by atoms with Crippen LogP contribution in [0.2, 0.25) is 0 Å². The number of thioether (sulfide) groups is 2. The van der Waals surface area contributed by atoms with E-state index < -0.39 is 5.60 Å². The van der Waals surface area contributed by atoms with Crippen molar-refractivity contribution in [3.63, 3.8) is 0 Å². The molecule has 1 N–H and O–H groups in total. The number of hydrogen-bond acceptors (Lipinski definition) is 3. The van der Waals surface area contributed by atoms with Crippen LogP contribution in [-0.2, 0) is 5.60 Å². The lowest BCUT2D eigenvalue weighted by molar-refractivity contribution is 0.0721. The standard InChI is InChI=1S/C18H20OS2/c1-17(20-13-8-14-21-17)18(19,15-9-4-2-5-10-15)16-11-6-3-7-12-16/h2-7,9-12,19H,8,13-14H2,1H3. The lowest BCUT2D eigenvalue weighted by Gasteiger charge is -2.46. The molecule has 21 heavy (non-hydrogen) atoms. The maximum atomic E-state index is 11.8. The largest absolute Gasteiger partial charge is 0.378 e. The van der Waals surface area contributed by atoms with Gasteiger partial charge in [0.05, 0.1) is 4.08 Å². The van der Waals surface area contributed by atoms with Gasteiger partial charge >= 0.3 is 0 Å². The van der Waals surface area contributed by atoms with Gasteiger partial charge < -0.3 is 5.11 Å². The van der Waals surface area contributed by atoms with E-state index in [-0.39, 0.29) is 4.08 Å². The average molecular weight is 316 g/mol. The Morgan fingerprint density at radius 2 is 1.29 bits per heavy atom. The SMILES string of the molecule is CC1(C(O)(c2ccccc2)c2ccccc2)SCCCS1. The maximum Gasteiger partial charge on any atom is 0.138 e. The van der Waals surface area contributed by atoms with E-state index in [2.05, 4.69) is 6.92 Å². The molecule has 2 aromatic carbocycles. The fraction of sp³-hybridized carbons (Fsp3) is 0.333. The van der Waals surface area contributed by atoms with Crippen LogP contribution in [0, 0.1) is 0 Å². The van der Waals surface area contributed by atoms with Crippen molar-refractivity contribution < 1.29 is 5.11 Å². The van der Waals surface area contributed by atoms with Gasteiger partial charge in [0.1, 0.15) is 5.60 Å². The highest BCUT2D eigenvalue weighted by Gasteiger charge is 2.51. The number of hydrogen-bond donors (Lipinski definition) is 1. The third-order valence-corrected chi connectivity index (χ3v) is 7.47. The van der Waals surface area contributed by atoms with Crippen molar-refractivity contribution in [3.8, 4) is 0 Å². The number of rotatable bonds is 3. The molecule has 3 heteroatoms. The average Bonchev–Trinajstić information content (AvgIpc) is 2.56. The molecule has 1 saturated heterocycles. The van der Waals surface area contributed by atoms with Gasteiger partial charge in [0, 0.05) is 0 Å². The van der Waals surface area contributed by atoms with Crippen molar-refractivity contribution in [1.29, 1.82) is 0 Å². The first-order chi connectivity index (χ1) is 10.2. The van der Waals surface area contributed by atoms with Crippen molar-refractivity contribution >= 4 is 23.5 Å². The van der Waals surface area contributed by atoms with Crippen molar-refractivity contribution in [2.45, 2.75) is 23.0 Å². The first-order valence-electron chi connectivity index (χ1n) is 7.28. The monoisotopic (exact) mass is 316 g/mol. The predicted molar refractivity (Wildman–Crippen MR) is 93.8 cm³/mol. The van der Waals surface area contributed by atoms with E-state index in [0.29, 0.717) is 0 Å². The Morgan fingerprint density at radius 1 is 0.857 bits per heavy atom. The molecule has 1 fully saturated rings. The molecule has 0 aromatic heterocycles. The molecule has 1 aliphatic rings. The summed E-state index contributed by atoms with van der Waals surface area (Å²) < 4.78 is -0.270. The minimum atomic E-state index is -0.981. The normalized spacial score (nSPS) is 18.4. The van der Waals surface area contributed by atoms with Crippen LogP contribution in [0.25, 0.3) is 0 Å². The molecule has 1 nitrogen and oxygen atoms in total. The highest BCUT2D eigenvalue weighted by molar-refractivity contribution is 8.18. The molecule has 110 valence electrons. The molecule has 0 bridgehead atoms. The second-order valence-electron chi connectivity index (χ2n) is 5.44. The smallest absolute Gasteiger partial charge is 0.138 e. The third-order valence-electron chi connectivity index (χ3n) is 4.08. The van der Waals surface area contributed by atoms with E-state index in [1.807, 2.05) is 84.2 Å². The molecular formula is C18H20OS2. The zero-order chi connectivity index (χ0) is 14.8. The lowest BCUT2D eigenvalue weighted by Crippen LogP contribution is -2.47. The number of aliphatic hydroxyl groups is 1. The molecule has 0 saturated carbocycles. The zero-order valence-electron chi connectivity index (χ0n) is 12.2. The molecule has 1 heterocycles. The molecule has 0 unspecified atom stereocenters. The molecule has 0 amide bonds. The fourth-order valence-corrected chi connectivity index (χ4v) is 6.15. The van der Waals surface area contributed by atoms with E-state index in [9.17, 15) is 5.11 Å². The lowest BCUT2D eigenvalue weighted by atomic mass is 9.83. The van der Waals surface area contributed by atoms with Crippen LogP contribution >= 0.6 is 23.5 Å². The summed E-state index contributed by atoms with van der Waals surface area (Å²) >= 11 is 3.75. The quantitative estimate of drug-likeness (QED) is 0.900. The van der Waals surface area contributed by atoms with Crippen LogP contribution in [0.4, 0.5) is 0 Å². The molecule has 0 radical (unpaired) electrons. The van der Waals surface area contributed by atoms with Crippen molar-refractivity contribution in [1.82, 2.24) is 0 Å².